The van der Waals surface area contributed by atoms with Gasteiger partial charge in [-0.1, -0.05) is 54.1 Å². The molecule has 2 N–H and O–H groups in total. The lowest BCUT2D eigenvalue weighted by molar-refractivity contribution is -0.126. The van der Waals surface area contributed by atoms with E-state index < -0.39 is 13.3 Å². The lowest BCUT2D eigenvalue weighted by Gasteiger charge is -2.30. The summed E-state index contributed by atoms with van der Waals surface area (Å²) in [6.07, 6.45) is -0.274. The van der Waals surface area contributed by atoms with E-state index in [-0.39, 0.29) is 12.3 Å². The predicted molar refractivity (Wildman–Crippen MR) is 171 cm³/mol. The summed E-state index contributed by atoms with van der Waals surface area (Å²) in [6.45, 7) is 2.00. The van der Waals surface area contributed by atoms with Gasteiger partial charge in [0.1, 0.15) is 35.2 Å². The summed E-state index contributed by atoms with van der Waals surface area (Å²) >= 11 is 0. The molecule has 8 nitrogen and oxygen atoms in total. The normalized spacial score (nSPS) is 14.8. The SMILES string of the molecule is CNC(=O)CC(=O)Nc1ccc(Oc2ccc(Oc3ccc(C)cc3)c(P3(=O)Oc4ccccc4-c4ccccc43)c2)cc1. The summed E-state index contributed by atoms with van der Waals surface area (Å²) in [5.74, 6) is 1.61. The number of carbonyl (C=O) groups is 2. The Morgan fingerprint density at radius 1 is 0.705 bits per heavy atom. The Morgan fingerprint density at radius 3 is 2.09 bits per heavy atom. The Balaban J connectivity index is 1.36. The molecule has 6 rings (SSSR count). The zero-order valence-electron chi connectivity index (χ0n) is 24.1. The Bertz CT molecular complexity index is 1900. The Hall–Kier alpha value is -5.33. The first kappa shape index (κ1) is 28.8. The van der Waals surface area contributed by atoms with Crippen LogP contribution in [0.3, 0.4) is 0 Å². The van der Waals surface area contributed by atoms with Gasteiger partial charge in [-0.05, 0) is 79.2 Å². The van der Waals surface area contributed by atoms with Crippen LogP contribution >= 0.6 is 7.37 Å². The average Bonchev–Trinajstić information content (AvgIpc) is 3.04. The summed E-state index contributed by atoms with van der Waals surface area (Å²) in [7, 11) is -2.25. The first-order valence-electron chi connectivity index (χ1n) is 14.0. The number of fused-ring (bicyclic) bond motifs is 3. The van der Waals surface area contributed by atoms with Gasteiger partial charge >= 0.3 is 7.37 Å². The first-order chi connectivity index (χ1) is 21.3. The highest BCUT2D eigenvalue weighted by Crippen LogP contribution is 2.55. The number of hydrogen-bond acceptors (Lipinski definition) is 6. The number of amides is 2. The van der Waals surface area contributed by atoms with Gasteiger partial charge in [-0.3, -0.25) is 14.2 Å². The number of hydrogen-bond donors (Lipinski definition) is 2. The van der Waals surface area contributed by atoms with E-state index in [2.05, 4.69) is 10.6 Å². The fourth-order valence-electron chi connectivity index (χ4n) is 4.89. The van der Waals surface area contributed by atoms with E-state index in [1.807, 2.05) is 79.7 Å². The smallest absolute Gasteiger partial charge is 0.311 e. The molecule has 1 aliphatic rings. The second-order valence-corrected chi connectivity index (χ2v) is 12.5. The van der Waals surface area contributed by atoms with Crippen molar-refractivity contribution in [3.05, 3.63) is 121 Å². The molecule has 1 unspecified atom stereocenters. The third-order valence-electron chi connectivity index (χ3n) is 7.10. The van der Waals surface area contributed by atoms with Crippen molar-refractivity contribution in [2.45, 2.75) is 13.3 Å². The average molecular weight is 605 g/mol. The summed E-state index contributed by atoms with van der Waals surface area (Å²) < 4.78 is 34.0. The minimum Gasteiger partial charge on any atom is -0.457 e. The van der Waals surface area contributed by atoms with E-state index in [0.717, 1.165) is 16.7 Å². The van der Waals surface area contributed by atoms with Crippen LogP contribution in [0.25, 0.3) is 11.1 Å². The van der Waals surface area contributed by atoms with Gasteiger partial charge in [0.15, 0.2) is 0 Å². The summed E-state index contributed by atoms with van der Waals surface area (Å²) in [5, 5.41) is 6.03. The van der Waals surface area contributed by atoms with E-state index >= 15 is 4.57 Å². The number of carbonyl (C=O) groups excluding carboxylic acids is 2. The molecule has 44 heavy (non-hydrogen) atoms. The molecule has 220 valence electrons. The van der Waals surface area contributed by atoms with Crippen LogP contribution in [0.2, 0.25) is 0 Å². The highest BCUT2D eigenvalue weighted by atomic mass is 31.2. The van der Waals surface area contributed by atoms with Gasteiger partial charge in [0.05, 0.1) is 10.6 Å². The van der Waals surface area contributed by atoms with Crippen molar-refractivity contribution in [1.82, 2.24) is 5.32 Å². The van der Waals surface area contributed by atoms with E-state index in [9.17, 15) is 9.59 Å². The molecule has 9 heteroatoms. The Labute approximate surface area is 255 Å². The predicted octanol–water partition coefficient (Wildman–Crippen LogP) is 6.94. The minimum atomic E-state index is -3.73. The van der Waals surface area contributed by atoms with Crippen molar-refractivity contribution in [1.29, 1.82) is 0 Å². The topological polar surface area (TPSA) is 103 Å². The largest absolute Gasteiger partial charge is 0.457 e. The van der Waals surface area contributed by atoms with Crippen LogP contribution in [0, 0.1) is 6.92 Å². The zero-order valence-corrected chi connectivity index (χ0v) is 25.0. The van der Waals surface area contributed by atoms with Gasteiger partial charge in [0, 0.05) is 18.3 Å². The monoisotopic (exact) mass is 604 g/mol. The zero-order chi connectivity index (χ0) is 30.7. The number of rotatable bonds is 8. The Kier molecular flexibility index (Phi) is 7.92. The summed E-state index contributed by atoms with van der Waals surface area (Å²) in [5.41, 5.74) is 3.31. The molecule has 0 saturated carbocycles. The van der Waals surface area contributed by atoms with Gasteiger partial charge in [-0.2, -0.15) is 0 Å². The van der Waals surface area contributed by atoms with Crippen LogP contribution in [-0.2, 0) is 14.2 Å². The molecule has 0 saturated heterocycles. The highest BCUT2D eigenvalue weighted by molar-refractivity contribution is 7.75. The number of benzene rings is 5. The van der Waals surface area contributed by atoms with E-state index in [4.69, 9.17) is 14.0 Å². The van der Waals surface area contributed by atoms with Gasteiger partial charge in [0.2, 0.25) is 11.8 Å². The van der Waals surface area contributed by atoms with Crippen LogP contribution in [0.4, 0.5) is 5.69 Å². The standard InChI is InChI=1S/C35H29N2O6P/c1-23-11-15-26(16-12-23)42-31-20-19-27(41-25-17-13-24(14-18-25)37-35(39)22-34(38)36-2)21-33(31)44(40)32-10-6-4-8-29(32)28-7-3-5-9-30(28)43-44/h3-21H,22H2,1-2H3,(H,36,38)(H,37,39). The number of anilines is 1. The third kappa shape index (κ3) is 5.93. The maximum atomic E-state index is 15.1. The van der Waals surface area contributed by atoms with Crippen LogP contribution < -0.4 is 35.2 Å². The van der Waals surface area contributed by atoms with Gasteiger partial charge in [0.25, 0.3) is 0 Å². The van der Waals surface area contributed by atoms with Gasteiger partial charge in [-0.15, -0.1) is 0 Å². The number of ether oxygens (including phenoxy) is 2. The summed E-state index contributed by atoms with van der Waals surface area (Å²) in [6, 6.07) is 34.6. The van der Waals surface area contributed by atoms with E-state index in [1.165, 1.54) is 7.05 Å². The molecule has 0 bridgehead atoms. The molecule has 0 spiro atoms. The molecule has 2 amide bonds. The molecular formula is C35H29N2O6P. The number of nitrogens with one attached hydrogen (secondary N) is 2. The molecule has 1 atom stereocenters. The molecule has 0 fully saturated rings. The molecule has 1 aliphatic heterocycles. The van der Waals surface area contributed by atoms with Crippen molar-refractivity contribution in [2.75, 3.05) is 12.4 Å². The summed E-state index contributed by atoms with van der Waals surface area (Å²) in [4.78, 5) is 23.5. The molecule has 5 aromatic rings. The van der Waals surface area contributed by atoms with Gasteiger partial charge in [-0.25, -0.2) is 0 Å². The van der Waals surface area contributed by atoms with Crippen LogP contribution in [0.5, 0.6) is 28.7 Å². The van der Waals surface area contributed by atoms with E-state index in [0.29, 0.717) is 45.0 Å². The molecule has 1 heterocycles. The quantitative estimate of drug-likeness (QED) is 0.147. The first-order valence-corrected chi connectivity index (χ1v) is 15.6. The molecule has 0 aliphatic carbocycles. The highest BCUT2D eigenvalue weighted by Gasteiger charge is 2.40. The fourth-order valence-corrected chi connectivity index (χ4v) is 7.28. The van der Waals surface area contributed by atoms with Crippen molar-refractivity contribution in [3.63, 3.8) is 0 Å². The maximum absolute atomic E-state index is 15.1. The van der Waals surface area contributed by atoms with Crippen LogP contribution in [0.15, 0.2) is 115 Å². The van der Waals surface area contributed by atoms with Crippen molar-refractivity contribution < 1.29 is 28.2 Å². The number of para-hydroxylation sites is 1. The second kappa shape index (κ2) is 12.1. The van der Waals surface area contributed by atoms with Crippen molar-refractivity contribution in [2.24, 2.45) is 0 Å². The molecule has 5 aromatic carbocycles. The lowest BCUT2D eigenvalue weighted by Crippen LogP contribution is -2.26. The fraction of sp³-hybridized carbons (Fsp3) is 0.0857. The van der Waals surface area contributed by atoms with E-state index in [1.54, 1.807) is 42.5 Å². The molecular weight excluding hydrogens is 575 g/mol. The molecule has 0 radical (unpaired) electrons. The third-order valence-corrected chi connectivity index (χ3v) is 9.56. The number of aryl methyl sites for hydroxylation is 1. The minimum absolute atomic E-state index is 0.274. The molecule has 0 aromatic heterocycles. The van der Waals surface area contributed by atoms with Crippen LogP contribution in [-0.4, -0.2) is 18.9 Å². The maximum Gasteiger partial charge on any atom is 0.311 e. The van der Waals surface area contributed by atoms with Crippen molar-refractivity contribution >= 4 is 35.5 Å². The Morgan fingerprint density at radius 2 is 1.34 bits per heavy atom. The van der Waals surface area contributed by atoms with Crippen LogP contribution in [0.1, 0.15) is 12.0 Å². The van der Waals surface area contributed by atoms with Gasteiger partial charge < -0.3 is 24.6 Å². The second-order valence-electron chi connectivity index (χ2n) is 10.2. The van der Waals surface area contributed by atoms with Crippen molar-refractivity contribution in [3.8, 4) is 39.9 Å². The lowest BCUT2D eigenvalue weighted by atomic mass is 10.0.